The van der Waals surface area contributed by atoms with Gasteiger partial charge >= 0.3 is 18.6 Å². The molecule has 1 aromatic carbocycles. The van der Waals surface area contributed by atoms with Gasteiger partial charge in [0.2, 0.25) is 0 Å². The number of hydrogen-bond acceptors (Lipinski definition) is 2. The molecule has 112 valence electrons. The van der Waals surface area contributed by atoms with Gasteiger partial charge in [0.15, 0.2) is 0 Å². The van der Waals surface area contributed by atoms with Crippen LogP contribution in [0.5, 0.6) is 5.75 Å². The van der Waals surface area contributed by atoms with E-state index >= 15 is 0 Å². The third-order valence-corrected chi connectivity index (χ3v) is 1.80. The molecule has 0 heterocycles. The van der Waals surface area contributed by atoms with E-state index < -0.39 is 30.9 Å². The lowest BCUT2D eigenvalue weighted by Crippen LogP contribution is -2.36. The standard InChI is InChI=1S/C10H8F6N2O2/c11-9(12,13)5-17-8(19)18-6-1-3-7(4-2-6)20-10(14,15)16/h1-4H,5H2,(H2,17,18,19). The number of carbonyl (C=O) groups is 1. The predicted octanol–water partition coefficient (Wildman–Crippen LogP) is 3.27. The molecular weight excluding hydrogens is 294 g/mol. The number of ether oxygens (including phenoxy) is 1. The van der Waals surface area contributed by atoms with Crippen LogP contribution in [-0.2, 0) is 0 Å². The Morgan fingerprint density at radius 1 is 1.05 bits per heavy atom. The van der Waals surface area contributed by atoms with Gasteiger partial charge in [-0.3, -0.25) is 0 Å². The second kappa shape index (κ2) is 5.88. The van der Waals surface area contributed by atoms with Crippen molar-refractivity contribution in [3.63, 3.8) is 0 Å². The molecule has 0 saturated carbocycles. The molecule has 10 heteroatoms. The Labute approximate surface area is 108 Å². The fourth-order valence-electron chi connectivity index (χ4n) is 1.10. The van der Waals surface area contributed by atoms with E-state index in [0.717, 1.165) is 24.3 Å². The molecule has 0 aliphatic carbocycles. The summed E-state index contributed by atoms with van der Waals surface area (Å²) in [7, 11) is 0. The van der Waals surface area contributed by atoms with Crippen molar-refractivity contribution in [1.29, 1.82) is 0 Å². The molecule has 0 unspecified atom stereocenters. The number of urea groups is 1. The molecule has 4 nitrogen and oxygen atoms in total. The maximum absolute atomic E-state index is 11.9. The first-order valence-corrected chi connectivity index (χ1v) is 5.02. The lowest BCUT2D eigenvalue weighted by molar-refractivity contribution is -0.274. The van der Waals surface area contributed by atoms with Crippen LogP contribution in [0.15, 0.2) is 24.3 Å². The van der Waals surface area contributed by atoms with E-state index in [1.807, 2.05) is 5.32 Å². The van der Waals surface area contributed by atoms with E-state index in [2.05, 4.69) is 4.74 Å². The van der Waals surface area contributed by atoms with Crippen molar-refractivity contribution in [2.75, 3.05) is 11.9 Å². The molecule has 0 fully saturated rings. The van der Waals surface area contributed by atoms with Crippen LogP contribution in [0.2, 0.25) is 0 Å². The topological polar surface area (TPSA) is 50.4 Å². The van der Waals surface area contributed by atoms with Gasteiger partial charge in [-0.1, -0.05) is 0 Å². The summed E-state index contributed by atoms with van der Waals surface area (Å²) in [5.41, 5.74) is 0.0131. The largest absolute Gasteiger partial charge is 0.573 e. The Balaban J connectivity index is 2.51. The molecule has 2 N–H and O–H groups in total. The van der Waals surface area contributed by atoms with Gasteiger partial charge in [0, 0.05) is 5.69 Å². The third-order valence-electron chi connectivity index (χ3n) is 1.80. The van der Waals surface area contributed by atoms with Crippen LogP contribution in [0.3, 0.4) is 0 Å². The van der Waals surface area contributed by atoms with E-state index in [0.29, 0.717) is 0 Å². The highest BCUT2D eigenvalue weighted by atomic mass is 19.4. The van der Waals surface area contributed by atoms with Crippen LogP contribution in [0.4, 0.5) is 36.8 Å². The second-order valence-corrected chi connectivity index (χ2v) is 3.50. The molecule has 20 heavy (non-hydrogen) atoms. The molecular formula is C10H8F6N2O2. The van der Waals surface area contributed by atoms with Gasteiger partial charge in [-0.25, -0.2) is 4.79 Å². The van der Waals surface area contributed by atoms with Crippen LogP contribution in [0.1, 0.15) is 0 Å². The van der Waals surface area contributed by atoms with Crippen molar-refractivity contribution in [2.45, 2.75) is 12.5 Å². The number of rotatable bonds is 3. The van der Waals surface area contributed by atoms with E-state index in [1.165, 1.54) is 5.32 Å². The minimum atomic E-state index is -4.85. The van der Waals surface area contributed by atoms with Gasteiger partial charge in [0.05, 0.1) is 0 Å². The predicted molar refractivity (Wildman–Crippen MR) is 56.2 cm³/mol. The maximum atomic E-state index is 11.9. The van der Waals surface area contributed by atoms with Crippen molar-refractivity contribution in [1.82, 2.24) is 5.32 Å². The number of benzene rings is 1. The number of alkyl halides is 6. The van der Waals surface area contributed by atoms with Crippen molar-refractivity contribution in [2.24, 2.45) is 0 Å². The number of anilines is 1. The highest BCUT2D eigenvalue weighted by Crippen LogP contribution is 2.23. The van der Waals surface area contributed by atoms with Crippen molar-refractivity contribution in [3.8, 4) is 5.75 Å². The van der Waals surface area contributed by atoms with Gasteiger partial charge in [-0.2, -0.15) is 13.2 Å². The molecule has 1 aromatic rings. The minimum Gasteiger partial charge on any atom is -0.406 e. The van der Waals surface area contributed by atoms with Crippen LogP contribution in [0, 0.1) is 0 Å². The Morgan fingerprint density at radius 3 is 2.05 bits per heavy atom. The third kappa shape index (κ3) is 6.71. The summed E-state index contributed by atoms with van der Waals surface area (Å²) in [5.74, 6) is -0.515. The highest BCUT2D eigenvalue weighted by molar-refractivity contribution is 5.89. The number of halogens is 6. The zero-order valence-corrected chi connectivity index (χ0v) is 9.60. The van der Waals surface area contributed by atoms with Gasteiger partial charge < -0.3 is 15.4 Å². The Kier molecular flexibility index (Phi) is 4.69. The molecule has 1 rings (SSSR count). The molecule has 0 saturated heterocycles. The number of carbonyl (C=O) groups excluding carboxylic acids is 1. The molecule has 0 bridgehead atoms. The summed E-state index contributed by atoms with van der Waals surface area (Å²) >= 11 is 0. The van der Waals surface area contributed by atoms with Crippen LogP contribution in [-0.4, -0.2) is 25.1 Å². The fourth-order valence-corrected chi connectivity index (χ4v) is 1.10. The molecule has 0 aliphatic rings. The first-order chi connectivity index (χ1) is 9.05. The zero-order valence-electron chi connectivity index (χ0n) is 9.60. The Morgan fingerprint density at radius 2 is 1.60 bits per heavy atom. The first kappa shape index (κ1) is 15.9. The normalized spacial score (nSPS) is 11.9. The first-order valence-electron chi connectivity index (χ1n) is 5.02. The number of amides is 2. The number of nitrogens with one attached hydrogen (secondary N) is 2. The monoisotopic (exact) mass is 302 g/mol. The van der Waals surface area contributed by atoms with Gasteiger partial charge in [-0.05, 0) is 24.3 Å². The van der Waals surface area contributed by atoms with Crippen molar-refractivity contribution >= 4 is 11.7 Å². The molecule has 0 aromatic heterocycles. The van der Waals surface area contributed by atoms with E-state index in [-0.39, 0.29) is 5.69 Å². The summed E-state index contributed by atoms with van der Waals surface area (Å²) in [6.45, 7) is -1.52. The highest BCUT2D eigenvalue weighted by Gasteiger charge is 2.31. The summed E-state index contributed by atoms with van der Waals surface area (Å²) < 4.78 is 74.5. The Bertz CT molecular complexity index is 454. The van der Waals surface area contributed by atoms with Crippen LogP contribution in [0.25, 0.3) is 0 Å². The SMILES string of the molecule is O=C(NCC(F)(F)F)Nc1ccc(OC(F)(F)F)cc1. The summed E-state index contributed by atoms with van der Waals surface area (Å²) in [5, 5.41) is 3.56. The zero-order chi connectivity index (χ0) is 15.4. The van der Waals surface area contributed by atoms with Crippen LogP contribution < -0.4 is 15.4 Å². The van der Waals surface area contributed by atoms with Gasteiger partial charge in [-0.15, -0.1) is 13.2 Å². The van der Waals surface area contributed by atoms with Crippen molar-refractivity contribution < 1.29 is 35.9 Å². The lowest BCUT2D eigenvalue weighted by atomic mass is 10.3. The summed E-state index contributed by atoms with van der Waals surface area (Å²) in [4.78, 5) is 11.0. The molecule has 2 amide bonds. The van der Waals surface area contributed by atoms with E-state index in [9.17, 15) is 31.1 Å². The summed E-state index contributed by atoms with van der Waals surface area (Å²) in [6.07, 6.45) is -9.40. The molecule has 0 radical (unpaired) electrons. The molecule has 0 spiro atoms. The Hall–Kier alpha value is -2.13. The maximum Gasteiger partial charge on any atom is 0.573 e. The smallest absolute Gasteiger partial charge is 0.406 e. The van der Waals surface area contributed by atoms with Gasteiger partial charge in [0.25, 0.3) is 0 Å². The summed E-state index contributed by atoms with van der Waals surface area (Å²) in [6, 6.07) is 2.79. The minimum absolute atomic E-state index is 0.0131. The van der Waals surface area contributed by atoms with E-state index in [4.69, 9.17) is 0 Å². The van der Waals surface area contributed by atoms with Gasteiger partial charge in [0.1, 0.15) is 12.3 Å². The number of hydrogen-bond donors (Lipinski definition) is 2. The average molecular weight is 302 g/mol. The molecule has 0 aliphatic heterocycles. The van der Waals surface area contributed by atoms with Crippen LogP contribution >= 0.6 is 0 Å². The quantitative estimate of drug-likeness (QED) is 0.842. The average Bonchev–Trinajstić information content (AvgIpc) is 2.26. The second-order valence-electron chi connectivity index (χ2n) is 3.50. The molecule has 0 atom stereocenters. The van der Waals surface area contributed by atoms with Crippen molar-refractivity contribution in [3.05, 3.63) is 24.3 Å². The van der Waals surface area contributed by atoms with E-state index in [1.54, 1.807) is 0 Å². The lowest BCUT2D eigenvalue weighted by Gasteiger charge is -2.11. The fraction of sp³-hybridized carbons (Fsp3) is 0.300.